The fourth-order valence-electron chi connectivity index (χ4n) is 2.96. The smallest absolute Gasteiger partial charge is 0.0406 e. The molecule has 1 aromatic rings. The molecule has 0 spiro atoms. The van der Waals surface area contributed by atoms with Crippen molar-refractivity contribution in [1.82, 2.24) is 10.2 Å². The van der Waals surface area contributed by atoms with Gasteiger partial charge in [0.1, 0.15) is 0 Å². The van der Waals surface area contributed by atoms with Gasteiger partial charge in [0.15, 0.2) is 0 Å². The van der Waals surface area contributed by atoms with Gasteiger partial charge in [0.2, 0.25) is 0 Å². The molecule has 3 heteroatoms. The molecule has 0 aliphatic carbocycles. The minimum Gasteiger partial charge on any atom is -0.310 e. The second-order valence-electron chi connectivity index (χ2n) is 5.75. The summed E-state index contributed by atoms with van der Waals surface area (Å²) in [7, 11) is 0. The van der Waals surface area contributed by atoms with Crippen molar-refractivity contribution in [3.63, 3.8) is 0 Å². The zero-order valence-electron chi connectivity index (χ0n) is 12.6. The second-order valence-corrected chi connectivity index (χ2v) is 6.19. The Hall–Kier alpha value is -0.570. The molecule has 0 radical (unpaired) electrons. The molecule has 0 amide bonds. The standard InChI is InChI=1S/C17H27ClN2/c1-2-6-17(15-7-9-16(18)10-8-15)19-11-5-14-20-12-3-4-13-20/h7-10,17,19H,2-6,11-14H2,1H3. The monoisotopic (exact) mass is 294 g/mol. The summed E-state index contributed by atoms with van der Waals surface area (Å²) in [5, 5.41) is 4.53. The van der Waals surface area contributed by atoms with Gasteiger partial charge in [0.25, 0.3) is 0 Å². The van der Waals surface area contributed by atoms with Crippen LogP contribution < -0.4 is 5.32 Å². The predicted octanol–water partition coefficient (Wildman–Crippen LogP) is 4.26. The first-order valence-electron chi connectivity index (χ1n) is 8.01. The van der Waals surface area contributed by atoms with Crippen LogP contribution in [0.3, 0.4) is 0 Å². The van der Waals surface area contributed by atoms with Crippen LogP contribution in [0.1, 0.15) is 50.6 Å². The molecule has 1 aliphatic rings. The van der Waals surface area contributed by atoms with E-state index in [2.05, 4.69) is 29.3 Å². The number of nitrogens with one attached hydrogen (secondary N) is 1. The molecule has 1 unspecified atom stereocenters. The van der Waals surface area contributed by atoms with Crippen molar-refractivity contribution in [2.45, 2.75) is 45.1 Å². The maximum atomic E-state index is 5.97. The second kappa shape index (κ2) is 8.66. The first-order valence-corrected chi connectivity index (χ1v) is 8.38. The lowest BCUT2D eigenvalue weighted by molar-refractivity contribution is 0.326. The fourth-order valence-corrected chi connectivity index (χ4v) is 3.08. The zero-order chi connectivity index (χ0) is 14.2. The number of hydrogen-bond acceptors (Lipinski definition) is 2. The number of benzene rings is 1. The van der Waals surface area contributed by atoms with E-state index in [-0.39, 0.29) is 0 Å². The molecule has 2 rings (SSSR count). The summed E-state index contributed by atoms with van der Waals surface area (Å²) in [6, 6.07) is 8.75. The van der Waals surface area contributed by atoms with Gasteiger partial charge in [-0.2, -0.15) is 0 Å². The molecule has 1 aromatic carbocycles. The molecule has 1 aliphatic heterocycles. The predicted molar refractivity (Wildman–Crippen MR) is 87.4 cm³/mol. The van der Waals surface area contributed by atoms with E-state index in [1.54, 1.807) is 0 Å². The summed E-state index contributed by atoms with van der Waals surface area (Å²) >= 11 is 5.97. The van der Waals surface area contributed by atoms with Crippen LogP contribution >= 0.6 is 11.6 Å². The fraction of sp³-hybridized carbons (Fsp3) is 0.647. The van der Waals surface area contributed by atoms with Gasteiger partial charge in [-0.3, -0.25) is 0 Å². The topological polar surface area (TPSA) is 15.3 Å². The average molecular weight is 295 g/mol. The maximum absolute atomic E-state index is 5.97. The molecule has 0 saturated carbocycles. The van der Waals surface area contributed by atoms with Gasteiger partial charge >= 0.3 is 0 Å². The lowest BCUT2D eigenvalue weighted by Gasteiger charge is -2.20. The molecule has 0 aromatic heterocycles. The Morgan fingerprint density at radius 3 is 2.55 bits per heavy atom. The Morgan fingerprint density at radius 1 is 1.20 bits per heavy atom. The van der Waals surface area contributed by atoms with Crippen LogP contribution in [0.4, 0.5) is 0 Å². The van der Waals surface area contributed by atoms with Crippen LogP contribution in [-0.2, 0) is 0 Å². The summed E-state index contributed by atoms with van der Waals surface area (Å²) in [4.78, 5) is 2.58. The number of nitrogens with zero attached hydrogens (tertiary/aromatic N) is 1. The molecular formula is C17H27ClN2. The molecule has 1 saturated heterocycles. The minimum absolute atomic E-state index is 0.468. The first-order chi connectivity index (χ1) is 9.79. The normalized spacial score (nSPS) is 17.5. The highest BCUT2D eigenvalue weighted by Gasteiger charge is 2.12. The Bertz CT molecular complexity index is 371. The number of halogens is 1. The number of hydrogen-bond donors (Lipinski definition) is 1. The van der Waals surface area contributed by atoms with Crippen LogP contribution in [0.25, 0.3) is 0 Å². The van der Waals surface area contributed by atoms with Gasteiger partial charge in [-0.1, -0.05) is 37.1 Å². The van der Waals surface area contributed by atoms with E-state index < -0.39 is 0 Å². The summed E-state index contributed by atoms with van der Waals surface area (Å²) in [5.41, 5.74) is 1.36. The minimum atomic E-state index is 0.468. The van der Waals surface area contributed by atoms with Crippen molar-refractivity contribution in [3.05, 3.63) is 34.9 Å². The van der Waals surface area contributed by atoms with Crippen molar-refractivity contribution in [2.75, 3.05) is 26.2 Å². The Kier molecular flexibility index (Phi) is 6.85. The summed E-state index contributed by atoms with van der Waals surface area (Å²) in [6.07, 6.45) is 6.40. The SMILES string of the molecule is CCCC(NCCCN1CCCC1)c1ccc(Cl)cc1. The van der Waals surface area contributed by atoms with Gasteiger partial charge in [0.05, 0.1) is 0 Å². The lowest BCUT2D eigenvalue weighted by atomic mass is 10.0. The van der Waals surface area contributed by atoms with Gasteiger partial charge in [-0.05, 0) is 69.6 Å². The van der Waals surface area contributed by atoms with Crippen molar-refractivity contribution >= 4 is 11.6 Å². The van der Waals surface area contributed by atoms with Crippen molar-refractivity contribution in [3.8, 4) is 0 Å². The number of likely N-dealkylation sites (tertiary alicyclic amines) is 1. The third-order valence-corrected chi connectivity index (χ3v) is 4.34. The zero-order valence-corrected chi connectivity index (χ0v) is 13.3. The van der Waals surface area contributed by atoms with Crippen LogP contribution in [0, 0.1) is 0 Å². The van der Waals surface area contributed by atoms with E-state index in [9.17, 15) is 0 Å². The van der Waals surface area contributed by atoms with E-state index >= 15 is 0 Å². The van der Waals surface area contributed by atoms with Gasteiger partial charge in [-0.25, -0.2) is 0 Å². The maximum Gasteiger partial charge on any atom is 0.0406 e. The highest BCUT2D eigenvalue weighted by molar-refractivity contribution is 6.30. The van der Waals surface area contributed by atoms with E-state index in [0.29, 0.717) is 6.04 Å². The molecule has 1 heterocycles. The molecule has 1 fully saturated rings. The Labute approximate surface area is 128 Å². The van der Waals surface area contributed by atoms with Crippen LogP contribution in [0.5, 0.6) is 0 Å². The van der Waals surface area contributed by atoms with Crippen molar-refractivity contribution in [1.29, 1.82) is 0 Å². The Balaban J connectivity index is 1.75. The van der Waals surface area contributed by atoms with E-state index in [1.807, 2.05) is 12.1 Å². The third-order valence-electron chi connectivity index (χ3n) is 4.09. The summed E-state index contributed by atoms with van der Waals surface area (Å²) in [5.74, 6) is 0. The highest BCUT2D eigenvalue weighted by Crippen LogP contribution is 2.20. The van der Waals surface area contributed by atoms with E-state index in [4.69, 9.17) is 11.6 Å². The molecular weight excluding hydrogens is 268 g/mol. The van der Waals surface area contributed by atoms with Crippen LogP contribution in [0.2, 0.25) is 5.02 Å². The summed E-state index contributed by atoms with van der Waals surface area (Å²) in [6.45, 7) is 7.19. The number of rotatable bonds is 8. The average Bonchev–Trinajstić information content (AvgIpc) is 2.96. The van der Waals surface area contributed by atoms with Crippen LogP contribution in [-0.4, -0.2) is 31.1 Å². The highest BCUT2D eigenvalue weighted by atomic mass is 35.5. The molecule has 20 heavy (non-hydrogen) atoms. The van der Waals surface area contributed by atoms with Gasteiger partial charge in [0, 0.05) is 11.1 Å². The van der Waals surface area contributed by atoms with Crippen molar-refractivity contribution < 1.29 is 0 Å². The molecule has 1 atom stereocenters. The quantitative estimate of drug-likeness (QED) is 0.721. The molecule has 112 valence electrons. The first kappa shape index (κ1) is 15.8. The Morgan fingerprint density at radius 2 is 1.90 bits per heavy atom. The largest absolute Gasteiger partial charge is 0.310 e. The third kappa shape index (κ3) is 5.08. The molecule has 1 N–H and O–H groups in total. The van der Waals surface area contributed by atoms with Gasteiger partial charge in [-0.15, -0.1) is 0 Å². The van der Waals surface area contributed by atoms with Crippen molar-refractivity contribution in [2.24, 2.45) is 0 Å². The summed E-state index contributed by atoms with van der Waals surface area (Å²) < 4.78 is 0. The van der Waals surface area contributed by atoms with Crippen LogP contribution in [0.15, 0.2) is 24.3 Å². The molecule has 2 nitrogen and oxygen atoms in total. The molecule has 0 bridgehead atoms. The van der Waals surface area contributed by atoms with E-state index in [1.165, 1.54) is 57.3 Å². The lowest BCUT2D eigenvalue weighted by Crippen LogP contribution is -2.27. The van der Waals surface area contributed by atoms with Gasteiger partial charge < -0.3 is 10.2 Å². The van der Waals surface area contributed by atoms with E-state index in [0.717, 1.165) is 11.6 Å².